The molecule has 0 aromatic rings. The fourth-order valence-electron chi connectivity index (χ4n) is 2.02. The first-order valence-corrected chi connectivity index (χ1v) is 5.33. The maximum absolute atomic E-state index is 5.50. The van der Waals surface area contributed by atoms with Gasteiger partial charge in [-0.25, -0.2) is 0 Å². The summed E-state index contributed by atoms with van der Waals surface area (Å²) in [6, 6.07) is 0.755. The lowest BCUT2D eigenvalue weighted by atomic mass is 10.1. The molecule has 1 saturated heterocycles. The van der Waals surface area contributed by atoms with Crippen molar-refractivity contribution in [2.75, 3.05) is 40.3 Å². The summed E-state index contributed by atoms with van der Waals surface area (Å²) in [5, 5.41) is 0. The third-order valence-electron chi connectivity index (χ3n) is 2.94. The van der Waals surface area contributed by atoms with Crippen LogP contribution in [0, 0.1) is 0 Å². The molecule has 1 atom stereocenters. The highest BCUT2D eigenvalue weighted by atomic mass is 15.2. The van der Waals surface area contributed by atoms with Gasteiger partial charge in [0, 0.05) is 12.6 Å². The minimum atomic E-state index is 0.755. The molecule has 3 heteroatoms. The number of nitrogens with two attached hydrogens (primary N) is 1. The molecule has 1 rings (SSSR count). The monoisotopic (exact) mass is 185 g/mol. The van der Waals surface area contributed by atoms with Crippen LogP contribution in [0.15, 0.2) is 0 Å². The van der Waals surface area contributed by atoms with Gasteiger partial charge in [-0.05, 0) is 53.0 Å². The van der Waals surface area contributed by atoms with Gasteiger partial charge < -0.3 is 15.5 Å². The van der Waals surface area contributed by atoms with E-state index in [1.165, 1.54) is 25.9 Å². The first kappa shape index (κ1) is 11.0. The summed E-state index contributed by atoms with van der Waals surface area (Å²) in [6.07, 6.45) is 3.82. The van der Waals surface area contributed by atoms with Gasteiger partial charge in [0.1, 0.15) is 0 Å². The highest BCUT2D eigenvalue weighted by molar-refractivity contribution is 4.77. The Hall–Kier alpha value is -0.120. The molecular formula is C10H23N3. The van der Waals surface area contributed by atoms with Crippen molar-refractivity contribution in [1.82, 2.24) is 9.80 Å². The maximum atomic E-state index is 5.50. The van der Waals surface area contributed by atoms with Crippen LogP contribution in [-0.4, -0.2) is 56.1 Å². The minimum Gasteiger partial charge on any atom is -0.330 e. The summed E-state index contributed by atoms with van der Waals surface area (Å²) in [4.78, 5) is 4.88. The van der Waals surface area contributed by atoms with Crippen LogP contribution in [0.3, 0.4) is 0 Å². The largest absolute Gasteiger partial charge is 0.330 e. The summed E-state index contributed by atoms with van der Waals surface area (Å²) >= 11 is 0. The molecule has 0 aromatic carbocycles. The van der Waals surface area contributed by atoms with Crippen LogP contribution in [0.4, 0.5) is 0 Å². The zero-order valence-electron chi connectivity index (χ0n) is 9.00. The highest BCUT2D eigenvalue weighted by Crippen LogP contribution is 2.13. The molecule has 1 fully saturated rings. The van der Waals surface area contributed by atoms with Gasteiger partial charge in [0.2, 0.25) is 0 Å². The van der Waals surface area contributed by atoms with Gasteiger partial charge in [-0.15, -0.1) is 0 Å². The van der Waals surface area contributed by atoms with E-state index in [1.807, 2.05) is 0 Å². The normalized spacial score (nSPS) is 25.4. The molecule has 2 N–H and O–H groups in total. The van der Waals surface area contributed by atoms with E-state index in [0.29, 0.717) is 0 Å². The number of hydrogen-bond acceptors (Lipinski definition) is 3. The number of hydrogen-bond donors (Lipinski definition) is 1. The summed E-state index contributed by atoms with van der Waals surface area (Å²) < 4.78 is 0. The molecule has 0 aromatic heterocycles. The van der Waals surface area contributed by atoms with Gasteiger partial charge in [0.15, 0.2) is 0 Å². The van der Waals surface area contributed by atoms with Gasteiger partial charge in [0.25, 0.3) is 0 Å². The van der Waals surface area contributed by atoms with Crippen LogP contribution in [0.25, 0.3) is 0 Å². The van der Waals surface area contributed by atoms with Crippen LogP contribution in [-0.2, 0) is 0 Å². The smallest absolute Gasteiger partial charge is 0.0220 e. The standard InChI is InChI=1S/C10H23N3/c1-12-7-3-5-10(9-12)13(2)8-4-6-11/h10H,3-9,11H2,1-2H3. The summed E-state index contributed by atoms with van der Waals surface area (Å²) in [5.41, 5.74) is 5.50. The van der Waals surface area contributed by atoms with Crippen molar-refractivity contribution < 1.29 is 0 Å². The van der Waals surface area contributed by atoms with Crippen molar-refractivity contribution in [2.24, 2.45) is 5.73 Å². The lowest BCUT2D eigenvalue weighted by molar-refractivity contribution is 0.134. The van der Waals surface area contributed by atoms with E-state index in [-0.39, 0.29) is 0 Å². The van der Waals surface area contributed by atoms with Gasteiger partial charge in [-0.2, -0.15) is 0 Å². The fraction of sp³-hybridized carbons (Fsp3) is 1.00. The SMILES string of the molecule is CN1CCCC(N(C)CCCN)C1. The van der Waals surface area contributed by atoms with Crippen molar-refractivity contribution in [3.05, 3.63) is 0 Å². The van der Waals surface area contributed by atoms with Crippen molar-refractivity contribution >= 4 is 0 Å². The van der Waals surface area contributed by atoms with E-state index in [1.54, 1.807) is 0 Å². The zero-order valence-corrected chi connectivity index (χ0v) is 9.00. The quantitative estimate of drug-likeness (QED) is 0.686. The van der Waals surface area contributed by atoms with Crippen molar-refractivity contribution in [2.45, 2.75) is 25.3 Å². The molecular weight excluding hydrogens is 162 g/mol. The van der Waals surface area contributed by atoms with Crippen molar-refractivity contribution in [3.63, 3.8) is 0 Å². The van der Waals surface area contributed by atoms with Gasteiger partial charge in [0.05, 0.1) is 0 Å². The molecule has 0 aliphatic carbocycles. The van der Waals surface area contributed by atoms with Gasteiger partial charge >= 0.3 is 0 Å². The summed E-state index contributed by atoms with van der Waals surface area (Å²) in [5.74, 6) is 0. The summed E-state index contributed by atoms with van der Waals surface area (Å²) in [7, 11) is 4.43. The second-order valence-electron chi connectivity index (χ2n) is 4.18. The lowest BCUT2D eigenvalue weighted by Crippen LogP contribution is -2.45. The molecule has 13 heavy (non-hydrogen) atoms. The number of rotatable bonds is 4. The number of nitrogens with zero attached hydrogens (tertiary/aromatic N) is 2. The Morgan fingerprint density at radius 1 is 1.54 bits per heavy atom. The third-order valence-corrected chi connectivity index (χ3v) is 2.94. The zero-order chi connectivity index (χ0) is 9.68. The Kier molecular flexibility index (Phi) is 4.70. The summed E-state index contributed by atoms with van der Waals surface area (Å²) in [6.45, 7) is 4.45. The van der Waals surface area contributed by atoms with E-state index in [2.05, 4.69) is 23.9 Å². The van der Waals surface area contributed by atoms with Gasteiger partial charge in [-0.3, -0.25) is 0 Å². The molecule has 1 unspecified atom stereocenters. The molecule has 1 aliphatic rings. The van der Waals surface area contributed by atoms with E-state index >= 15 is 0 Å². The highest BCUT2D eigenvalue weighted by Gasteiger charge is 2.20. The maximum Gasteiger partial charge on any atom is 0.0220 e. The Morgan fingerprint density at radius 2 is 2.31 bits per heavy atom. The lowest BCUT2D eigenvalue weighted by Gasteiger charge is -2.35. The molecule has 0 spiro atoms. The molecule has 1 aliphatic heterocycles. The first-order chi connectivity index (χ1) is 6.24. The van der Waals surface area contributed by atoms with E-state index in [9.17, 15) is 0 Å². The van der Waals surface area contributed by atoms with E-state index in [0.717, 1.165) is 25.6 Å². The Morgan fingerprint density at radius 3 is 2.92 bits per heavy atom. The third kappa shape index (κ3) is 3.63. The second kappa shape index (κ2) is 5.58. The number of likely N-dealkylation sites (N-methyl/N-ethyl adjacent to an activating group) is 2. The van der Waals surface area contributed by atoms with Gasteiger partial charge in [-0.1, -0.05) is 0 Å². The van der Waals surface area contributed by atoms with Crippen molar-refractivity contribution in [3.8, 4) is 0 Å². The average Bonchev–Trinajstić information content (AvgIpc) is 2.14. The Labute approximate surface area is 81.9 Å². The van der Waals surface area contributed by atoms with Crippen LogP contribution in [0.5, 0.6) is 0 Å². The first-order valence-electron chi connectivity index (χ1n) is 5.33. The fourth-order valence-corrected chi connectivity index (χ4v) is 2.02. The average molecular weight is 185 g/mol. The Balaban J connectivity index is 2.24. The van der Waals surface area contributed by atoms with Crippen LogP contribution in [0.2, 0.25) is 0 Å². The molecule has 78 valence electrons. The number of piperidine rings is 1. The molecule has 3 nitrogen and oxygen atoms in total. The van der Waals surface area contributed by atoms with Crippen LogP contribution < -0.4 is 5.73 Å². The van der Waals surface area contributed by atoms with Crippen molar-refractivity contribution in [1.29, 1.82) is 0 Å². The predicted octanol–water partition coefficient (Wildman–Crippen LogP) is 0.361. The minimum absolute atomic E-state index is 0.755. The predicted molar refractivity (Wildman–Crippen MR) is 56.8 cm³/mol. The van der Waals surface area contributed by atoms with Crippen LogP contribution >= 0.6 is 0 Å². The second-order valence-corrected chi connectivity index (χ2v) is 4.18. The topological polar surface area (TPSA) is 32.5 Å². The van der Waals surface area contributed by atoms with E-state index in [4.69, 9.17) is 5.73 Å². The molecule has 0 radical (unpaired) electrons. The molecule has 0 bridgehead atoms. The van der Waals surface area contributed by atoms with Crippen LogP contribution in [0.1, 0.15) is 19.3 Å². The molecule has 1 heterocycles. The molecule has 0 saturated carbocycles. The van der Waals surface area contributed by atoms with E-state index < -0.39 is 0 Å². The number of likely N-dealkylation sites (tertiary alicyclic amines) is 1. The molecule has 0 amide bonds. The Bertz CT molecular complexity index is 138.